The molecule has 0 spiro atoms. The highest BCUT2D eigenvalue weighted by Gasteiger charge is 2.24. The fourth-order valence-electron chi connectivity index (χ4n) is 3.99. The van der Waals surface area contributed by atoms with Crippen LogP contribution in [-0.4, -0.2) is 26.4 Å². The maximum Gasteiger partial charge on any atom is 0.303 e. The van der Waals surface area contributed by atoms with E-state index in [2.05, 4.69) is 17.1 Å². The van der Waals surface area contributed by atoms with E-state index in [4.69, 9.17) is 16.7 Å². The summed E-state index contributed by atoms with van der Waals surface area (Å²) in [5.41, 5.74) is 3.62. The second-order valence-corrected chi connectivity index (χ2v) is 8.36. The molecule has 3 rings (SSSR count). The molecule has 3 aromatic rings. The summed E-state index contributed by atoms with van der Waals surface area (Å²) < 4.78 is 1.98. The van der Waals surface area contributed by atoms with Crippen LogP contribution < -0.4 is 0 Å². The Morgan fingerprint density at radius 2 is 1.83 bits per heavy atom. The summed E-state index contributed by atoms with van der Waals surface area (Å²) in [4.78, 5) is 28.6. The molecule has 0 radical (unpaired) electrons. The van der Waals surface area contributed by atoms with E-state index in [-0.39, 0.29) is 24.5 Å². The van der Waals surface area contributed by atoms with Crippen molar-refractivity contribution in [1.29, 1.82) is 0 Å². The summed E-state index contributed by atoms with van der Waals surface area (Å²) in [5.74, 6) is -1.17. The van der Waals surface area contributed by atoms with E-state index in [1.165, 1.54) is 5.56 Å². The number of unbranched alkanes of at least 4 members (excludes halogenated alkanes) is 1. The molecule has 0 aliphatic carbocycles. The summed E-state index contributed by atoms with van der Waals surface area (Å²) in [5, 5.41) is 10.3. The summed E-state index contributed by atoms with van der Waals surface area (Å²) >= 11 is 6.17. The normalized spacial score (nSPS) is 12.2. The number of carbonyl (C=O) groups excluding carboxylic acids is 1. The van der Waals surface area contributed by atoms with Gasteiger partial charge in [0.1, 0.15) is 5.65 Å². The molecule has 0 aliphatic heterocycles. The van der Waals surface area contributed by atoms with Gasteiger partial charge in [-0.2, -0.15) is 0 Å². The number of aromatic nitrogens is 2. The van der Waals surface area contributed by atoms with E-state index in [0.29, 0.717) is 10.6 Å². The number of hydrogen-bond donors (Lipinski definition) is 1. The van der Waals surface area contributed by atoms with Gasteiger partial charge in [0.2, 0.25) is 0 Å². The Morgan fingerprint density at radius 1 is 1.13 bits per heavy atom. The zero-order chi connectivity index (χ0) is 21.7. The molecule has 1 N–H and O–H groups in total. The van der Waals surface area contributed by atoms with Gasteiger partial charge in [0.05, 0.1) is 5.02 Å². The second kappa shape index (κ2) is 9.90. The lowest BCUT2D eigenvalue weighted by molar-refractivity contribution is -0.137. The van der Waals surface area contributed by atoms with Crippen molar-refractivity contribution in [3.05, 3.63) is 64.4 Å². The van der Waals surface area contributed by atoms with Crippen molar-refractivity contribution in [2.24, 2.45) is 13.0 Å². The largest absolute Gasteiger partial charge is 0.481 e. The fourth-order valence-corrected chi connectivity index (χ4v) is 4.15. The van der Waals surface area contributed by atoms with Crippen LogP contribution in [0.2, 0.25) is 5.02 Å². The van der Waals surface area contributed by atoms with Gasteiger partial charge in [-0.15, -0.1) is 0 Å². The van der Waals surface area contributed by atoms with Crippen LogP contribution in [0.5, 0.6) is 0 Å². The minimum absolute atomic E-state index is 0.0259. The maximum atomic E-state index is 13.2. The lowest BCUT2D eigenvalue weighted by atomic mass is 9.94. The van der Waals surface area contributed by atoms with Gasteiger partial charge in [-0.25, -0.2) is 4.98 Å². The summed E-state index contributed by atoms with van der Waals surface area (Å²) in [6, 6.07) is 12.1. The molecule has 0 aliphatic rings. The number of hydrogen-bond acceptors (Lipinski definition) is 3. The average molecular weight is 427 g/mol. The number of aryl methyl sites for hydroxylation is 2. The van der Waals surface area contributed by atoms with Crippen LogP contribution in [-0.2, 0) is 24.7 Å². The van der Waals surface area contributed by atoms with Gasteiger partial charge in [0.15, 0.2) is 5.78 Å². The zero-order valence-corrected chi connectivity index (χ0v) is 18.2. The number of fused-ring (bicyclic) bond motifs is 1. The number of rotatable bonds is 10. The quantitative estimate of drug-likeness (QED) is 0.344. The predicted molar refractivity (Wildman–Crippen MR) is 119 cm³/mol. The molecule has 6 heteroatoms. The number of halogens is 1. The predicted octanol–water partition coefficient (Wildman–Crippen LogP) is 5.48. The highest BCUT2D eigenvalue weighted by Crippen LogP contribution is 2.30. The first-order valence-electron chi connectivity index (χ1n) is 10.3. The van der Waals surface area contributed by atoms with Gasteiger partial charge in [-0.3, -0.25) is 9.59 Å². The van der Waals surface area contributed by atoms with Crippen molar-refractivity contribution in [2.75, 3.05) is 0 Å². The highest BCUT2D eigenvalue weighted by atomic mass is 35.5. The molecular formula is C24H27ClN2O3. The highest BCUT2D eigenvalue weighted by molar-refractivity contribution is 6.31. The van der Waals surface area contributed by atoms with Crippen LogP contribution in [0.25, 0.3) is 11.0 Å². The van der Waals surface area contributed by atoms with Crippen molar-refractivity contribution < 1.29 is 14.7 Å². The minimum atomic E-state index is -0.890. The van der Waals surface area contributed by atoms with Gasteiger partial charge in [-0.05, 0) is 43.2 Å². The number of ketones is 1. The van der Waals surface area contributed by atoms with Gasteiger partial charge in [0, 0.05) is 42.7 Å². The lowest BCUT2D eigenvalue weighted by Crippen LogP contribution is -2.12. The van der Waals surface area contributed by atoms with Gasteiger partial charge >= 0.3 is 5.97 Å². The van der Waals surface area contributed by atoms with Crippen LogP contribution in [0, 0.1) is 5.92 Å². The fraction of sp³-hybridized carbons (Fsp3) is 0.375. The van der Waals surface area contributed by atoms with Crippen LogP contribution in [0.15, 0.2) is 42.6 Å². The number of Topliss-reactive ketones (excluding diaryl/α,β-unsaturated/α-hetero) is 1. The third-order valence-electron chi connectivity index (χ3n) is 5.42. The van der Waals surface area contributed by atoms with Crippen molar-refractivity contribution in [1.82, 2.24) is 9.55 Å². The average Bonchev–Trinajstić information content (AvgIpc) is 2.96. The molecule has 0 unspecified atom stereocenters. The molecule has 0 bridgehead atoms. The van der Waals surface area contributed by atoms with Crippen LogP contribution >= 0.6 is 11.6 Å². The summed E-state index contributed by atoms with van der Waals surface area (Å²) in [6.45, 7) is 1.79. The molecule has 0 saturated heterocycles. The standard InChI is InChI=1S/C24H27ClN2O3/c1-16(13-22(29)30)12-21(28)23-19-14-18(25)15-26-24(19)27(2)20(23)11-7-6-10-17-8-4-3-5-9-17/h3-5,8-9,14-16H,6-7,10-13H2,1-2H3,(H,29,30)/t16-/m1/s1. The van der Waals surface area contributed by atoms with E-state index in [0.717, 1.165) is 42.4 Å². The molecule has 158 valence electrons. The summed E-state index contributed by atoms with van der Waals surface area (Å²) in [6.07, 6.45) is 5.46. The van der Waals surface area contributed by atoms with Crippen LogP contribution in [0.3, 0.4) is 0 Å². The third kappa shape index (κ3) is 5.28. The Hall–Kier alpha value is -2.66. The third-order valence-corrected chi connectivity index (χ3v) is 5.63. The number of aliphatic carboxylic acids is 1. The van der Waals surface area contributed by atoms with Crippen molar-refractivity contribution in [3.63, 3.8) is 0 Å². The van der Waals surface area contributed by atoms with E-state index < -0.39 is 5.97 Å². The number of pyridine rings is 1. The summed E-state index contributed by atoms with van der Waals surface area (Å²) in [7, 11) is 1.92. The van der Waals surface area contributed by atoms with E-state index in [1.807, 2.05) is 29.8 Å². The number of nitrogens with zero attached hydrogens (tertiary/aromatic N) is 2. The van der Waals surface area contributed by atoms with Gasteiger partial charge < -0.3 is 9.67 Å². The Balaban J connectivity index is 1.82. The Bertz CT molecular complexity index is 1040. The first-order chi connectivity index (χ1) is 14.4. The minimum Gasteiger partial charge on any atom is -0.481 e. The van der Waals surface area contributed by atoms with Gasteiger partial charge in [-0.1, -0.05) is 48.9 Å². The molecule has 0 saturated carbocycles. The van der Waals surface area contributed by atoms with E-state index in [1.54, 1.807) is 19.2 Å². The first kappa shape index (κ1) is 22.0. The van der Waals surface area contributed by atoms with Crippen LogP contribution in [0.4, 0.5) is 0 Å². The van der Waals surface area contributed by atoms with Crippen molar-refractivity contribution in [3.8, 4) is 0 Å². The Kier molecular flexibility index (Phi) is 7.27. The molecule has 30 heavy (non-hydrogen) atoms. The number of benzene rings is 1. The zero-order valence-electron chi connectivity index (χ0n) is 17.4. The second-order valence-electron chi connectivity index (χ2n) is 7.93. The first-order valence-corrected chi connectivity index (χ1v) is 10.7. The molecular weight excluding hydrogens is 400 g/mol. The number of carboxylic acids is 1. The van der Waals surface area contributed by atoms with E-state index >= 15 is 0 Å². The molecule has 2 aromatic heterocycles. The molecule has 1 atom stereocenters. The molecule has 5 nitrogen and oxygen atoms in total. The molecule has 2 heterocycles. The maximum absolute atomic E-state index is 13.2. The SMILES string of the molecule is C[C@@H](CC(=O)O)CC(=O)c1c(CCCCc2ccccc2)n(C)c2ncc(Cl)cc12. The smallest absolute Gasteiger partial charge is 0.303 e. The molecule has 0 amide bonds. The number of carbonyl (C=O) groups is 2. The topological polar surface area (TPSA) is 72.2 Å². The molecule has 1 aromatic carbocycles. The Labute approximate surface area is 181 Å². The molecule has 0 fully saturated rings. The van der Waals surface area contributed by atoms with Crippen LogP contribution in [0.1, 0.15) is 54.2 Å². The van der Waals surface area contributed by atoms with Crippen molar-refractivity contribution >= 4 is 34.4 Å². The van der Waals surface area contributed by atoms with Crippen molar-refractivity contribution in [2.45, 2.75) is 45.4 Å². The van der Waals surface area contributed by atoms with E-state index in [9.17, 15) is 9.59 Å². The number of carboxylic acid groups (broad SMARTS) is 1. The monoisotopic (exact) mass is 426 g/mol. The Morgan fingerprint density at radius 3 is 2.53 bits per heavy atom. The van der Waals surface area contributed by atoms with Gasteiger partial charge in [0.25, 0.3) is 0 Å². The lowest BCUT2D eigenvalue weighted by Gasteiger charge is -2.10.